The second kappa shape index (κ2) is 3.89. The van der Waals surface area contributed by atoms with Gasteiger partial charge in [-0.3, -0.25) is 5.10 Å². The number of halogens is 1. The number of H-pyrrole nitrogens is 1. The third kappa shape index (κ3) is 1.84. The van der Waals surface area contributed by atoms with Gasteiger partial charge >= 0.3 is 5.97 Å². The molecule has 0 atom stereocenters. The average Bonchev–Trinajstić information content (AvgIpc) is 2.69. The molecule has 0 saturated carbocycles. The monoisotopic (exact) mass is 235 g/mol. The first-order chi connectivity index (χ1) is 8.00. The van der Waals surface area contributed by atoms with Crippen molar-refractivity contribution >= 4 is 22.4 Å². The van der Waals surface area contributed by atoms with E-state index in [9.17, 15) is 9.18 Å². The molecule has 0 unspecified atom stereocenters. The number of aromatic amines is 1. The van der Waals surface area contributed by atoms with E-state index < -0.39 is 11.8 Å². The third-order valence-corrected chi connectivity index (χ3v) is 2.51. The van der Waals surface area contributed by atoms with E-state index in [0.717, 1.165) is 0 Å². The number of carboxylic acid groups (broad SMARTS) is 1. The summed E-state index contributed by atoms with van der Waals surface area (Å²) in [6.07, 6.45) is 0. The topological polar surface area (TPSA) is 92.0 Å². The Bertz CT molecular complexity index is 631. The number of nitrogens with zero attached hydrogens (tertiary/aromatic N) is 1. The number of aliphatic carboxylic acids is 1. The molecule has 0 aliphatic heterocycles. The molecule has 0 aliphatic carbocycles. The van der Waals surface area contributed by atoms with E-state index in [1.54, 1.807) is 0 Å². The van der Waals surface area contributed by atoms with E-state index in [-0.39, 0.29) is 5.70 Å². The Balaban J connectivity index is 2.68. The van der Waals surface area contributed by atoms with Crippen LogP contribution in [-0.2, 0) is 4.79 Å². The van der Waals surface area contributed by atoms with Crippen LogP contribution in [0.5, 0.6) is 0 Å². The summed E-state index contributed by atoms with van der Waals surface area (Å²) in [7, 11) is 0. The average molecular weight is 235 g/mol. The molecule has 4 N–H and O–H groups in total. The van der Waals surface area contributed by atoms with Crippen molar-refractivity contribution in [1.29, 1.82) is 0 Å². The number of hydrogen-bond acceptors (Lipinski definition) is 3. The van der Waals surface area contributed by atoms with Gasteiger partial charge in [0.1, 0.15) is 11.5 Å². The van der Waals surface area contributed by atoms with Crippen LogP contribution in [0.1, 0.15) is 12.6 Å². The molecule has 0 aliphatic rings. The van der Waals surface area contributed by atoms with Gasteiger partial charge in [-0.25, -0.2) is 9.18 Å². The second-order valence-electron chi connectivity index (χ2n) is 3.61. The zero-order valence-electron chi connectivity index (χ0n) is 8.99. The van der Waals surface area contributed by atoms with Gasteiger partial charge in [-0.15, -0.1) is 0 Å². The summed E-state index contributed by atoms with van der Waals surface area (Å²) in [6, 6.07) is 4.11. The molecule has 0 amide bonds. The van der Waals surface area contributed by atoms with E-state index in [4.69, 9.17) is 10.8 Å². The first kappa shape index (κ1) is 11.1. The molecule has 6 heteroatoms. The maximum absolute atomic E-state index is 13.1. The second-order valence-corrected chi connectivity index (χ2v) is 3.61. The first-order valence-electron chi connectivity index (χ1n) is 4.84. The summed E-state index contributed by atoms with van der Waals surface area (Å²) < 4.78 is 13.1. The fourth-order valence-corrected chi connectivity index (χ4v) is 1.56. The Labute approximate surface area is 95.7 Å². The number of allylic oxidation sites excluding steroid dienone is 1. The molecule has 88 valence electrons. The lowest BCUT2D eigenvalue weighted by atomic mass is 10.1. The normalized spacial score (nSPS) is 12.6. The van der Waals surface area contributed by atoms with Gasteiger partial charge in [0.15, 0.2) is 0 Å². The van der Waals surface area contributed by atoms with Gasteiger partial charge in [0.25, 0.3) is 0 Å². The van der Waals surface area contributed by atoms with Crippen LogP contribution in [0.3, 0.4) is 0 Å². The SMILES string of the molecule is C/C(=C(/N)C(=O)O)c1n[nH]c2ccc(F)cc12. The summed E-state index contributed by atoms with van der Waals surface area (Å²) in [5, 5.41) is 15.9. The van der Waals surface area contributed by atoms with Crippen LogP contribution in [0.4, 0.5) is 4.39 Å². The number of nitrogens with one attached hydrogen (secondary N) is 1. The van der Waals surface area contributed by atoms with Gasteiger partial charge < -0.3 is 10.8 Å². The van der Waals surface area contributed by atoms with E-state index in [2.05, 4.69) is 10.2 Å². The minimum absolute atomic E-state index is 0.300. The molecule has 1 aromatic heterocycles. The van der Waals surface area contributed by atoms with Gasteiger partial charge in [0, 0.05) is 11.0 Å². The van der Waals surface area contributed by atoms with Crippen molar-refractivity contribution in [3.8, 4) is 0 Å². The fourth-order valence-electron chi connectivity index (χ4n) is 1.56. The summed E-state index contributed by atoms with van der Waals surface area (Å²) in [5.41, 5.74) is 6.38. The number of aromatic nitrogens is 2. The number of carbonyl (C=O) groups is 1. The molecule has 17 heavy (non-hydrogen) atoms. The number of fused-ring (bicyclic) bond motifs is 1. The van der Waals surface area contributed by atoms with Crippen LogP contribution in [0, 0.1) is 5.82 Å². The zero-order valence-corrected chi connectivity index (χ0v) is 8.99. The maximum Gasteiger partial charge on any atom is 0.352 e. The van der Waals surface area contributed by atoms with Crippen molar-refractivity contribution in [1.82, 2.24) is 10.2 Å². The van der Waals surface area contributed by atoms with Crippen molar-refractivity contribution in [2.45, 2.75) is 6.92 Å². The standard InChI is InChI=1S/C11H10FN3O2/c1-5(9(13)11(16)17)10-7-4-6(12)2-3-8(7)14-15-10/h2-4H,13H2,1H3,(H,14,15)(H,16,17)/b9-5-. The number of benzene rings is 1. The van der Waals surface area contributed by atoms with Crippen molar-refractivity contribution in [3.05, 3.63) is 35.4 Å². The van der Waals surface area contributed by atoms with Gasteiger partial charge in [0.05, 0.1) is 11.2 Å². The molecule has 2 rings (SSSR count). The van der Waals surface area contributed by atoms with Crippen LogP contribution >= 0.6 is 0 Å². The van der Waals surface area contributed by atoms with Crippen LogP contribution in [-0.4, -0.2) is 21.3 Å². The zero-order chi connectivity index (χ0) is 12.6. The highest BCUT2D eigenvalue weighted by Crippen LogP contribution is 2.24. The molecule has 0 spiro atoms. The van der Waals surface area contributed by atoms with Gasteiger partial charge in [0.2, 0.25) is 0 Å². The van der Waals surface area contributed by atoms with E-state index in [1.807, 2.05) is 0 Å². The molecule has 0 fully saturated rings. The quantitative estimate of drug-likeness (QED) is 0.687. The molecule has 1 aromatic carbocycles. The molecular formula is C11H10FN3O2. The van der Waals surface area contributed by atoms with Crippen LogP contribution < -0.4 is 5.73 Å². The molecule has 1 heterocycles. The Kier molecular flexibility index (Phi) is 2.55. The van der Waals surface area contributed by atoms with Gasteiger partial charge in [-0.2, -0.15) is 5.10 Å². The van der Waals surface area contributed by atoms with E-state index in [1.165, 1.54) is 25.1 Å². The Morgan fingerprint density at radius 1 is 1.53 bits per heavy atom. The Hall–Kier alpha value is -2.37. The van der Waals surface area contributed by atoms with Crippen LogP contribution in [0.2, 0.25) is 0 Å². The third-order valence-electron chi connectivity index (χ3n) is 2.51. The number of rotatable bonds is 2. The molecule has 0 radical (unpaired) electrons. The van der Waals surface area contributed by atoms with Crippen LogP contribution in [0.15, 0.2) is 23.9 Å². The number of hydrogen-bond donors (Lipinski definition) is 3. The molecule has 0 saturated heterocycles. The highest BCUT2D eigenvalue weighted by Gasteiger charge is 2.14. The van der Waals surface area contributed by atoms with Crippen molar-refractivity contribution in [2.24, 2.45) is 5.73 Å². The Morgan fingerprint density at radius 3 is 2.88 bits per heavy atom. The Morgan fingerprint density at radius 2 is 2.24 bits per heavy atom. The molecule has 2 aromatic rings. The van der Waals surface area contributed by atoms with Gasteiger partial charge in [-0.05, 0) is 25.1 Å². The van der Waals surface area contributed by atoms with E-state index >= 15 is 0 Å². The lowest BCUT2D eigenvalue weighted by Gasteiger charge is -2.01. The van der Waals surface area contributed by atoms with Gasteiger partial charge in [-0.1, -0.05) is 0 Å². The number of nitrogens with two attached hydrogens (primary N) is 1. The van der Waals surface area contributed by atoms with Crippen molar-refractivity contribution in [3.63, 3.8) is 0 Å². The predicted molar refractivity (Wildman–Crippen MR) is 60.5 cm³/mol. The fraction of sp³-hybridized carbons (Fsp3) is 0.0909. The summed E-state index contributed by atoms with van der Waals surface area (Å²) in [6.45, 7) is 1.53. The van der Waals surface area contributed by atoms with Crippen LogP contribution in [0.25, 0.3) is 16.5 Å². The van der Waals surface area contributed by atoms with Crippen molar-refractivity contribution < 1.29 is 14.3 Å². The summed E-state index contributed by atoms with van der Waals surface area (Å²) >= 11 is 0. The smallest absolute Gasteiger partial charge is 0.352 e. The first-order valence-corrected chi connectivity index (χ1v) is 4.84. The minimum atomic E-state index is -1.23. The predicted octanol–water partition coefficient (Wildman–Crippen LogP) is 1.48. The molecular weight excluding hydrogens is 225 g/mol. The molecule has 5 nitrogen and oxygen atoms in total. The largest absolute Gasteiger partial charge is 0.477 e. The number of carboxylic acids is 1. The maximum atomic E-state index is 13.1. The molecule has 0 bridgehead atoms. The summed E-state index contributed by atoms with van der Waals surface area (Å²) in [4.78, 5) is 10.7. The lowest BCUT2D eigenvalue weighted by Crippen LogP contribution is -2.12. The lowest BCUT2D eigenvalue weighted by molar-refractivity contribution is -0.132. The minimum Gasteiger partial charge on any atom is -0.477 e. The highest BCUT2D eigenvalue weighted by molar-refractivity contribution is 5.99. The van der Waals surface area contributed by atoms with E-state index in [0.29, 0.717) is 22.2 Å². The van der Waals surface area contributed by atoms with Crippen molar-refractivity contribution in [2.75, 3.05) is 0 Å². The summed E-state index contributed by atoms with van der Waals surface area (Å²) in [5.74, 6) is -1.64. The highest BCUT2D eigenvalue weighted by atomic mass is 19.1.